The molecule has 0 radical (unpaired) electrons. The minimum Gasteiger partial charge on any atom is -0.354 e. The number of fused-ring (bicyclic) bond motifs is 2. The Balaban J connectivity index is 1.85. The third-order valence-electron chi connectivity index (χ3n) is 4.78. The molecule has 0 amide bonds. The van der Waals surface area contributed by atoms with E-state index < -0.39 is 0 Å². The van der Waals surface area contributed by atoms with Gasteiger partial charge in [0.05, 0.1) is 17.5 Å². The van der Waals surface area contributed by atoms with E-state index in [0.29, 0.717) is 16.7 Å². The molecule has 2 aliphatic rings. The van der Waals surface area contributed by atoms with Crippen molar-refractivity contribution in [2.75, 3.05) is 0 Å². The lowest BCUT2D eigenvalue weighted by Crippen LogP contribution is -2.53. The predicted octanol–water partition coefficient (Wildman–Crippen LogP) is 3.91. The Morgan fingerprint density at radius 3 is 2.88 bits per heavy atom. The van der Waals surface area contributed by atoms with Crippen LogP contribution in [0.3, 0.4) is 0 Å². The Morgan fingerprint density at radius 2 is 2.08 bits per heavy atom. The topological polar surface area (TPSA) is 54.0 Å². The maximum Gasteiger partial charge on any atom is 0.171 e. The molecule has 4 rings (SSSR count). The van der Waals surface area contributed by atoms with Crippen molar-refractivity contribution >= 4 is 45.6 Å². The molecule has 128 valence electrons. The van der Waals surface area contributed by atoms with Gasteiger partial charge in [0.1, 0.15) is 10.9 Å². The summed E-state index contributed by atoms with van der Waals surface area (Å²) in [6.07, 6.45) is 2.61. The number of hydrogen-bond acceptors (Lipinski definition) is 3. The minimum atomic E-state index is -0.333. The van der Waals surface area contributed by atoms with Gasteiger partial charge in [0.2, 0.25) is 0 Å². The number of hydrogen-bond donors (Lipinski definition) is 2. The molecule has 1 aliphatic carbocycles. The number of thiocarbonyl (C=S) groups is 1. The van der Waals surface area contributed by atoms with E-state index in [1.807, 2.05) is 30.3 Å². The molecule has 2 N–H and O–H groups in total. The zero-order valence-electron chi connectivity index (χ0n) is 14.0. The minimum absolute atomic E-state index is 0.180. The molecule has 25 heavy (non-hydrogen) atoms. The largest absolute Gasteiger partial charge is 0.354 e. The third-order valence-corrected chi connectivity index (χ3v) is 5.30. The smallest absolute Gasteiger partial charge is 0.171 e. The normalized spacial score (nSPS) is 25.0. The van der Waals surface area contributed by atoms with Gasteiger partial charge in [-0.1, -0.05) is 49.7 Å². The van der Waals surface area contributed by atoms with Crippen molar-refractivity contribution in [3.05, 3.63) is 52.8 Å². The molecule has 1 aliphatic heterocycles. The quantitative estimate of drug-likeness (QED) is 0.588. The highest BCUT2D eigenvalue weighted by molar-refractivity contribution is 7.80. The second-order valence-electron chi connectivity index (χ2n) is 7.35. The number of nitrogens with zero attached hydrogens (tertiary/aromatic N) is 1. The van der Waals surface area contributed by atoms with Gasteiger partial charge in [-0.2, -0.15) is 0 Å². The van der Waals surface area contributed by atoms with Crippen LogP contribution in [0.1, 0.15) is 31.9 Å². The number of para-hydroxylation sites is 1. The summed E-state index contributed by atoms with van der Waals surface area (Å²) < 4.78 is 0. The number of rotatable bonds is 1. The zero-order chi connectivity index (χ0) is 17.8. The van der Waals surface area contributed by atoms with Crippen LogP contribution in [0.25, 0.3) is 10.9 Å². The summed E-state index contributed by atoms with van der Waals surface area (Å²) >= 11 is 11.8. The van der Waals surface area contributed by atoms with E-state index >= 15 is 0 Å². The van der Waals surface area contributed by atoms with Crippen LogP contribution in [0.5, 0.6) is 0 Å². The molecule has 0 saturated carbocycles. The summed E-state index contributed by atoms with van der Waals surface area (Å²) in [5.74, 6) is -0.153. The fraction of sp³-hybridized carbons (Fsp3) is 0.316. The number of carbonyl (C=O) groups excluding carboxylic acids is 1. The lowest BCUT2D eigenvalue weighted by Gasteiger charge is -2.41. The Labute approximate surface area is 156 Å². The molecule has 1 fully saturated rings. The molecule has 0 bridgehead atoms. The molecule has 2 aromatic rings. The van der Waals surface area contributed by atoms with Crippen molar-refractivity contribution in [2.24, 2.45) is 11.3 Å². The van der Waals surface area contributed by atoms with Gasteiger partial charge in [-0.15, -0.1) is 0 Å². The first-order valence-corrected chi connectivity index (χ1v) is 9.01. The van der Waals surface area contributed by atoms with Gasteiger partial charge in [0, 0.05) is 23.1 Å². The molecule has 2 atom stereocenters. The molecule has 1 saturated heterocycles. The Morgan fingerprint density at radius 1 is 1.32 bits per heavy atom. The molecular weight excluding hydrogens is 354 g/mol. The van der Waals surface area contributed by atoms with E-state index in [2.05, 4.69) is 35.5 Å². The maximum absolute atomic E-state index is 12.9. The Bertz CT molecular complexity index is 937. The van der Waals surface area contributed by atoms with Crippen molar-refractivity contribution in [3.8, 4) is 0 Å². The average molecular weight is 372 g/mol. The zero-order valence-corrected chi connectivity index (χ0v) is 15.5. The highest BCUT2D eigenvalue weighted by Gasteiger charge is 2.43. The number of Topliss-reactive ketones (excluding diaryl/α,β-unsaturated/α-hetero) is 1. The lowest BCUT2D eigenvalue weighted by atomic mass is 9.72. The number of ketones is 1. The van der Waals surface area contributed by atoms with E-state index in [1.54, 1.807) is 0 Å². The van der Waals surface area contributed by atoms with Crippen molar-refractivity contribution < 1.29 is 4.79 Å². The number of carbonyl (C=O) groups is 1. The molecule has 4 nitrogen and oxygen atoms in total. The van der Waals surface area contributed by atoms with Crippen molar-refractivity contribution in [1.29, 1.82) is 0 Å². The fourth-order valence-corrected chi connectivity index (χ4v) is 4.26. The summed E-state index contributed by atoms with van der Waals surface area (Å²) in [6.45, 7) is 4.11. The van der Waals surface area contributed by atoms with Crippen LogP contribution in [-0.4, -0.2) is 15.9 Å². The predicted molar refractivity (Wildman–Crippen MR) is 103 cm³/mol. The van der Waals surface area contributed by atoms with Crippen LogP contribution in [0.15, 0.2) is 42.1 Å². The second-order valence-corrected chi connectivity index (χ2v) is 8.11. The van der Waals surface area contributed by atoms with E-state index in [-0.39, 0.29) is 23.2 Å². The first-order valence-electron chi connectivity index (χ1n) is 8.22. The number of pyridine rings is 1. The standard InChI is InChI=1S/C19H18ClN3OS/c1-19(2)8-13-15(14(24)9-19)16(23-18(25)22-13)11-7-10-5-3-4-6-12(10)21-17(11)20/h3-8,15-16H,9H2,1-2H3,(H2,22,23,25)/t15-,16-/m1/s1. The number of nitrogens with one attached hydrogen (secondary N) is 2. The molecular formula is C19H18ClN3OS. The van der Waals surface area contributed by atoms with Gasteiger partial charge in [-0.3, -0.25) is 4.79 Å². The number of allylic oxidation sites excluding steroid dienone is 1. The van der Waals surface area contributed by atoms with Crippen LogP contribution >= 0.6 is 23.8 Å². The molecule has 1 aromatic carbocycles. The van der Waals surface area contributed by atoms with Gasteiger partial charge in [0.25, 0.3) is 0 Å². The van der Waals surface area contributed by atoms with Gasteiger partial charge >= 0.3 is 0 Å². The fourth-order valence-electron chi connectivity index (χ4n) is 3.75. The number of aromatic nitrogens is 1. The van der Waals surface area contributed by atoms with Gasteiger partial charge in [0.15, 0.2) is 5.11 Å². The second kappa shape index (κ2) is 5.78. The Kier molecular flexibility index (Phi) is 3.81. The van der Waals surface area contributed by atoms with Crippen LogP contribution < -0.4 is 10.6 Å². The van der Waals surface area contributed by atoms with Crippen LogP contribution in [0.4, 0.5) is 0 Å². The SMILES string of the molecule is CC1(C)C=C2NC(=S)N[C@H](c3cc4ccccc4nc3Cl)[C@H]2C(=O)C1. The highest BCUT2D eigenvalue weighted by Crippen LogP contribution is 2.42. The van der Waals surface area contributed by atoms with Gasteiger partial charge in [-0.05, 0) is 29.8 Å². The van der Waals surface area contributed by atoms with Crippen molar-refractivity contribution in [2.45, 2.75) is 26.3 Å². The number of halogens is 1. The van der Waals surface area contributed by atoms with E-state index in [0.717, 1.165) is 22.2 Å². The average Bonchev–Trinajstić information content (AvgIpc) is 2.51. The summed E-state index contributed by atoms with van der Waals surface area (Å²) in [6, 6.07) is 9.49. The summed E-state index contributed by atoms with van der Waals surface area (Å²) in [5, 5.41) is 8.28. The first-order chi connectivity index (χ1) is 11.8. The summed E-state index contributed by atoms with van der Waals surface area (Å²) in [7, 11) is 0. The maximum atomic E-state index is 12.9. The third kappa shape index (κ3) is 2.92. The highest BCUT2D eigenvalue weighted by atomic mass is 35.5. The summed E-state index contributed by atoms with van der Waals surface area (Å²) in [5.41, 5.74) is 2.31. The molecule has 0 unspecified atom stereocenters. The van der Waals surface area contributed by atoms with Crippen molar-refractivity contribution in [3.63, 3.8) is 0 Å². The van der Waals surface area contributed by atoms with E-state index in [9.17, 15) is 4.79 Å². The monoisotopic (exact) mass is 371 g/mol. The van der Waals surface area contributed by atoms with E-state index in [1.165, 1.54) is 0 Å². The Hall–Kier alpha value is -1.98. The first kappa shape index (κ1) is 16.5. The molecule has 0 spiro atoms. The van der Waals surface area contributed by atoms with Crippen LogP contribution in [0, 0.1) is 11.3 Å². The van der Waals surface area contributed by atoms with Gasteiger partial charge in [-0.25, -0.2) is 4.98 Å². The van der Waals surface area contributed by atoms with E-state index in [4.69, 9.17) is 23.8 Å². The van der Waals surface area contributed by atoms with Gasteiger partial charge < -0.3 is 10.6 Å². The molecule has 1 aromatic heterocycles. The lowest BCUT2D eigenvalue weighted by molar-refractivity contribution is -0.125. The molecule has 6 heteroatoms. The summed E-state index contributed by atoms with van der Waals surface area (Å²) in [4.78, 5) is 17.4. The molecule has 2 heterocycles. The van der Waals surface area contributed by atoms with Crippen molar-refractivity contribution in [1.82, 2.24) is 15.6 Å². The number of benzene rings is 1. The van der Waals surface area contributed by atoms with Crippen LogP contribution in [-0.2, 0) is 4.79 Å². The van der Waals surface area contributed by atoms with Crippen LogP contribution in [0.2, 0.25) is 5.15 Å².